The van der Waals surface area contributed by atoms with Crippen LogP contribution >= 0.6 is 0 Å². The van der Waals surface area contributed by atoms with Crippen molar-refractivity contribution in [1.82, 2.24) is 4.90 Å². The highest BCUT2D eigenvalue weighted by Gasteiger charge is 2.70. The Balaban J connectivity index is 1.52. The number of anilines is 1. The van der Waals surface area contributed by atoms with E-state index in [0.717, 1.165) is 11.1 Å². The van der Waals surface area contributed by atoms with E-state index in [1.807, 2.05) is 59.5 Å². The lowest BCUT2D eigenvalue weighted by Gasteiger charge is -2.38. The first-order valence-electron chi connectivity index (χ1n) is 13.8. The first-order chi connectivity index (χ1) is 21.0. The molecule has 0 radical (unpaired) electrons. The molecule has 4 atom stereocenters. The Hall–Kier alpha value is -5.55. The molecule has 3 aliphatic heterocycles. The fourth-order valence-electron chi connectivity index (χ4n) is 7.03. The molecule has 4 aromatic carbocycles. The zero-order valence-electron chi connectivity index (χ0n) is 22.7. The highest BCUT2D eigenvalue weighted by molar-refractivity contribution is 6.17. The SMILES string of the molecule is N#CCOc1ccccc1C(=O)[C@@H]1[C@H](C(=O)c2ccc(F)cc2)[C@@]2(C(=O)Nc3ccccc32)[C@@H]2c3ccccc3C=CN12. The van der Waals surface area contributed by atoms with Gasteiger partial charge in [-0.25, -0.2) is 4.39 Å². The number of para-hydroxylation sites is 2. The average Bonchev–Trinajstić information content (AvgIpc) is 3.52. The summed E-state index contributed by atoms with van der Waals surface area (Å²) in [7, 11) is 0. The molecular formula is C35H24FN3O4. The Kier molecular flexibility index (Phi) is 6.17. The van der Waals surface area contributed by atoms with Gasteiger partial charge in [0.05, 0.1) is 17.5 Å². The van der Waals surface area contributed by atoms with Crippen molar-refractivity contribution in [1.29, 1.82) is 5.26 Å². The van der Waals surface area contributed by atoms with Crippen molar-refractivity contribution in [2.75, 3.05) is 11.9 Å². The second-order valence-corrected chi connectivity index (χ2v) is 10.8. The van der Waals surface area contributed by atoms with E-state index in [9.17, 15) is 18.8 Å². The van der Waals surface area contributed by atoms with Crippen LogP contribution in [0.4, 0.5) is 10.1 Å². The number of rotatable bonds is 6. The molecule has 0 saturated carbocycles. The highest BCUT2D eigenvalue weighted by Crippen LogP contribution is 2.62. The molecule has 0 aliphatic carbocycles. The summed E-state index contributed by atoms with van der Waals surface area (Å²) in [5.41, 5.74) is 1.73. The Bertz CT molecular complexity index is 1880. The van der Waals surface area contributed by atoms with Crippen LogP contribution in [0, 0.1) is 23.1 Å². The minimum absolute atomic E-state index is 0.187. The van der Waals surface area contributed by atoms with Crippen LogP contribution in [-0.4, -0.2) is 35.0 Å². The van der Waals surface area contributed by atoms with E-state index in [-0.39, 0.29) is 23.5 Å². The number of hydrogen-bond donors (Lipinski definition) is 1. The number of carbonyl (C=O) groups excluding carboxylic acids is 3. The molecule has 0 aromatic heterocycles. The van der Waals surface area contributed by atoms with Gasteiger partial charge in [0.25, 0.3) is 0 Å². The molecule has 3 aliphatic rings. The van der Waals surface area contributed by atoms with Gasteiger partial charge in [0.15, 0.2) is 18.2 Å². The zero-order chi connectivity index (χ0) is 29.7. The maximum atomic E-state index is 14.8. The fraction of sp³-hybridized carbons (Fsp3) is 0.143. The maximum absolute atomic E-state index is 14.8. The summed E-state index contributed by atoms with van der Waals surface area (Å²) in [6.07, 6.45) is 3.66. The van der Waals surface area contributed by atoms with Crippen LogP contribution in [0.25, 0.3) is 6.08 Å². The van der Waals surface area contributed by atoms with Crippen LogP contribution in [-0.2, 0) is 10.2 Å². The maximum Gasteiger partial charge on any atom is 0.238 e. The standard InChI is InChI=1S/C35H24FN3O4/c36-23-15-13-22(14-16-23)31(40)29-30(32(41)25-9-3-6-12-28(25)43-20-18-37)39-19-17-21-7-1-2-8-24(21)33(39)35(29)26-10-4-5-11-27(26)38-34(35)42/h1-17,19,29-30,33H,20H2,(H,38,42)/t29-,30+,33+,35-/m1/s1. The van der Waals surface area contributed by atoms with Crippen molar-refractivity contribution in [3.63, 3.8) is 0 Å². The van der Waals surface area contributed by atoms with Gasteiger partial charge in [-0.05, 0) is 65.2 Å². The van der Waals surface area contributed by atoms with Gasteiger partial charge < -0.3 is 15.0 Å². The summed E-state index contributed by atoms with van der Waals surface area (Å²) in [6, 6.07) is 26.7. The molecule has 0 unspecified atom stereocenters. The number of ether oxygens (including phenoxy) is 1. The molecule has 43 heavy (non-hydrogen) atoms. The molecule has 4 aromatic rings. The Morgan fingerprint density at radius 1 is 0.930 bits per heavy atom. The number of amides is 1. The third-order valence-corrected chi connectivity index (χ3v) is 8.70. The number of Topliss-reactive ketones (excluding diaryl/α,β-unsaturated/α-hetero) is 2. The van der Waals surface area contributed by atoms with Crippen LogP contribution in [0.1, 0.15) is 43.4 Å². The van der Waals surface area contributed by atoms with Crippen LogP contribution in [0.15, 0.2) is 103 Å². The summed E-state index contributed by atoms with van der Waals surface area (Å²) < 4.78 is 19.6. The zero-order valence-corrected chi connectivity index (χ0v) is 22.7. The first kappa shape index (κ1) is 26.4. The van der Waals surface area contributed by atoms with Crippen molar-refractivity contribution >= 4 is 29.2 Å². The smallest absolute Gasteiger partial charge is 0.238 e. The van der Waals surface area contributed by atoms with Gasteiger partial charge in [0.1, 0.15) is 29.1 Å². The van der Waals surface area contributed by atoms with Crippen molar-refractivity contribution in [2.45, 2.75) is 17.5 Å². The third kappa shape index (κ3) is 3.82. The van der Waals surface area contributed by atoms with Gasteiger partial charge in [-0.2, -0.15) is 5.26 Å². The third-order valence-electron chi connectivity index (χ3n) is 8.70. The molecule has 210 valence electrons. The minimum atomic E-state index is -1.51. The highest BCUT2D eigenvalue weighted by atomic mass is 19.1. The molecule has 7 rings (SSSR count). The van der Waals surface area contributed by atoms with E-state index in [1.165, 1.54) is 24.3 Å². The Labute approximate surface area is 246 Å². The van der Waals surface area contributed by atoms with Crippen LogP contribution in [0.5, 0.6) is 5.75 Å². The van der Waals surface area contributed by atoms with Crippen molar-refractivity contribution in [2.24, 2.45) is 5.92 Å². The molecule has 1 fully saturated rings. The summed E-state index contributed by atoms with van der Waals surface area (Å²) in [6.45, 7) is -0.272. The fourth-order valence-corrected chi connectivity index (χ4v) is 7.03. The van der Waals surface area contributed by atoms with Gasteiger partial charge >= 0.3 is 0 Å². The lowest BCUT2D eigenvalue weighted by atomic mass is 9.62. The Morgan fingerprint density at radius 3 is 2.47 bits per heavy atom. The second kappa shape index (κ2) is 10.1. The number of benzene rings is 4. The molecular weight excluding hydrogens is 545 g/mol. The molecule has 1 saturated heterocycles. The topological polar surface area (TPSA) is 99.5 Å². The van der Waals surface area contributed by atoms with Crippen LogP contribution in [0.3, 0.4) is 0 Å². The van der Waals surface area contributed by atoms with Gasteiger partial charge in [0, 0.05) is 17.5 Å². The van der Waals surface area contributed by atoms with E-state index in [4.69, 9.17) is 10.00 Å². The van der Waals surface area contributed by atoms with E-state index in [1.54, 1.807) is 36.5 Å². The lowest BCUT2D eigenvalue weighted by Crippen LogP contribution is -2.49. The number of carbonyl (C=O) groups is 3. The molecule has 1 spiro atoms. The number of nitrogens with zero attached hydrogens (tertiary/aromatic N) is 2. The van der Waals surface area contributed by atoms with Crippen molar-refractivity contribution in [3.8, 4) is 11.8 Å². The molecule has 8 heteroatoms. The van der Waals surface area contributed by atoms with Gasteiger partial charge in [-0.1, -0.05) is 54.6 Å². The predicted octanol–water partition coefficient (Wildman–Crippen LogP) is 5.71. The quantitative estimate of drug-likeness (QED) is 0.299. The second-order valence-electron chi connectivity index (χ2n) is 10.8. The number of hydrogen-bond acceptors (Lipinski definition) is 6. The van der Waals surface area contributed by atoms with Gasteiger partial charge in [-0.15, -0.1) is 0 Å². The van der Waals surface area contributed by atoms with Crippen molar-refractivity contribution < 1.29 is 23.5 Å². The molecule has 0 bridgehead atoms. The molecule has 1 amide bonds. The monoisotopic (exact) mass is 569 g/mol. The first-order valence-corrected chi connectivity index (χ1v) is 13.8. The summed E-state index contributed by atoms with van der Waals surface area (Å²) in [5, 5.41) is 12.1. The molecule has 7 nitrogen and oxygen atoms in total. The van der Waals surface area contributed by atoms with Crippen molar-refractivity contribution in [3.05, 3.63) is 137 Å². The van der Waals surface area contributed by atoms with Crippen LogP contribution < -0.4 is 10.1 Å². The number of halogens is 1. The average molecular weight is 570 g/mol. The molecule has 3 heterocycles. The lowest BCUT2D eigenvalue weighted by molar-refractivity contribution is -0.122. The normalized spacial score (nSPS) is 22.7. The van der Waals surface area contributed by atoms with Gasteiger partial charge in [-0.3, -0.25) is 14.4 Å². The number of nitrogens with one attached hydrogen (secondary N) is 1. The molecule has 1 N–H and O–H groups in total. The predicted molar refractivity (Wildman–Crippen MR) is 157 cm³/mol. The number of ketones is 2. The van der Waals surface area contributed by atoms with E-state index in [2.05, 4.69) is 5.32 Å². The largest absolute Gasteiger partial charge is 0.478 e. The summed E-state index contributed by atoms with van der Waals surface area (Å²) in [4.78, 5) is 45.8. The minimum Gasteiger partial charge on any atom is -0.478 e. The summed E-state index contributed by atoms with van der Waals surface area (Å²) >= 11 is 0. The van der Waals surface area contributed by atoms with E-state index in [0.29, 0.717) is 11.3 Å². The Morgan fingerprint density at radius 2 is 1.65 bits per heavy atom. The number of fused-ring (bicyclic) bond motifs is 6. The van der Waals surface area contributed by atoms with Crippen LogP contribution in [0.2, 0.25) is 0 Å². The van der Waals surface area contributed by atoms with E-state index >= 15 is 0 Å². The summed E-state index contributed by atoms with van der Waals surface area (Å²) in [5.74, 6) is -2.79. The van der Waals surface area contributed by atoms with E-state index < -0.39 is 46.7 Å². The van der Waals surface area contributed by atoms with Gasteiger partial charge in [0.2, 0.25) is 5.91 Å². The number of nitriles is 1.